The molecule has 1 aromatic heterocycles. The first-order chi connectivity index (χ1) is 12.6. The highest BCUT2D eigenvalue weighted by molar-refractivity contribution is 5.97. The van der Waals surface area contributed by atoms with Crippen molar-refractivity contribution in [2.75, 3.05) is 12.4 Å². The molecule has 132 valence electrons. The maximum atomic E-state index is 12.8. The molecule has 0 aliphatic carbocycles. The molecule has 0 spiro atoms. The van der Waals surface area contributed by atoms with Gasteiger partial charge in [0, 0.05) is 31.3 Å². The van der Waals surface area contributed by atoms with Crippen LogP contribution in [0.5, 0.6) is 11.6 Å². The fourth-order valence-corrected chi connectivity index (χ4v) is 2.44. The quantitative estimate of drug-likeness (QED) is 0.733. The number of anilines is 1. The van der Waals surface area contributed by atoms with Gasteiger partial charge in [0.2, 0.25) is 5.88 Å². The molecular weight excluding hydrogens is 330 g/mol. The summed E-state index contributed by atoms with van der Waals surface area (Å²) in [4.78, 5) is 20.9. The van der Waals surface area contributed by atoms with Gasteiger partial charge in [-0.2, -0.15) is 0 Å². The summed E-state index contributed by atoms with van der Waals surface area (Å²) < 4.78 is 11.2. The van der Waals surface area contributed by atoms with Crippen molar-refractivity contribution in [1.82, 2.24) is 9.97 Å². The van der Waals surface area contributed by atoms with E-state index in [1.165, 1.54) is 13.3 Å². The smallest absolute Gasteiger partial charge is 0.260 e. The highest BCUT2D eigenvalue weighted by atomic mass is 16.5. The van der Waals surface area contributed by atoms with Crippen LogP contribution < -0.4 is 10.1 Å². The lowest BCUT2D eigenvalue weighted by atomic mass is 9.94. The van der Waals surface area contributed by atoms with Gasteiger partial charge in [-0.3, -0.25) is 9.78 Å². The van der Waals surface area contributed by atoms with E-state index in [4.69, 9.17) is 9.47 Å². The SMILES string of the molecule is CO[C@](C)(C(=O)Nc1cccc(Oc2cnccn2)c1)c1ccccc1. The van der Waals surface area contributed by atoms with Crippen LogP contribution in [0.4, 0.5) is 5.69 Å². The number of nitrogens with zero attached hydrogens (tertiary/aromatic N) is 2. The third kappa shape index (κ3) is 3.87. The topological polar surface area (TPSA) is 73.3 Å². The molecule has 0 aliphatic rings. The molecule has 1 amide bonds. The van der Waals surface area contributed by atoms with Crippen molar-refractivity contribution in [3.63, 3.8) is 0 Å². The van der Waals surface area contributed by atoms with Crippen molar-refractivity contribution >= 4 is 11.6 Å². The molecule has 0 aliphatic heterocycles. The first kappa shape index (κ1) is 17.6. The highest BCUT2D eigenvalue weighted by Gasteiger charge is 2.35. The van der Waals surface area contributed by atoms with Gasteiger partial charge < -0.3 is 14.8 Å². The summed E-state index contributed by atoms with van der Waals surface area (Å²) in [6.07, 6.45) is 4.63. The lowest BCUT2D eigenvalue weighted by Crippen LogP contribution is -2.39. The van der Waals surface area contributed by atoms with E-state index < -0.39 is 5.60 Å². The number of hydrogen-bond donors (Lipinski definition) is 1. The summed E-state index contributed by atoms with van der Waals surface area (Å²) in [6, 6.07) is 16.4. The monoisotopic (exact) mass is 349 g/mol. The zero-order chi connectivity index (χ0) is 18.4. The average molecular weight is 349 g/mol. The molecule has 0 fully saturated rings. The molecule has 3 rings (SSSR count). The molecule has 0 bridgehead atoms. The van der Waals surface area contributed by atoms with Gasteiger partial charge in [-0.05, 0) is 24.6 Å². The van der Waals surface area contributed by atoms with E-state index >= 15 is 0 Å². The minimum atomic E-state index is -1.11. The molecule has 3 aromatic rings. The van der Waals surface area contributed by atoms with Gasteiger partial charge >= 0.3 is 0 Å². The van der Waals surface area contributed by atoms with Crippen LogP contribution in [-0.2, 0) is 15.1 Å². The minimum absolute atomic E-state index is 0.275. The van der Waals surface area contributed by atoms with Gasteiger partial charge in [0.15, 0.2) is 5.60 Å². The third-order valence-electron chi connectivity index (χ3n) is 4.02. The highest BCUT2D eigenvalue weighted by Crippen LogP contribution is 2.28. The maximum Gasteiger partial charge on any atom is 0.260 e. The van der Waals surface area contributed by atoms with Crippen molar-refractivity contribution in [3.8, 4) is 11.6 Å². The molecule has 2 aromatic carbocycles. The Morgan fingerprint density at radius 1 is 1.08 bits per heavy atom. The molecular formula is C20H19N3O3. The third-order valence-corrected chi connectivity index (χ3v) is 4.02. The van der Waals surface area contributed by atoms with Gasteiger partial charge in [-0.1, -0.05) is 36.4 Å². The zero-order valence-electron chi connectivity index (χ0n) is 14.5. The molecule has 26 heavy (non-hydrogen) atoms. The van der Waals surface area contributed by atoms with Crippen LogP contribution in [0, 0.1) is 0 Å². The van der Waals surface area contributed by atoms with Crippen LogP contribution >= 0.6 is 0 Å². The van der Waals surface area contributed by atoms with Gasteiger partial charge in [0.05, 0.1) is 6.20 Å². The lowest BCUT2D eigenvalue weighted by molar-refractivity contribution is -0.136. The van der Waals surface area contributed by atoms with E-state index in [1.807, 2.05) is 30.3 Å². The molecule has 1 N–H and O–H groups in total. The van der Waals surface area contributed by atoms with Crippen LogP contribution in [0.1, 0.15) is 12.5 Å². The normalized spacial score (nSPS) is 12.8. The summed E-state index contributed by atoms with van der Waals surface area (Å²) in [5.74, 6) is 0.645. The zero-order valence-corrected chi connectivity index (χ0v) is 14.5. The molecule has 0 unspecified atom stereocenters. The van der Waals surface area contributed by atoms with Gasteiger partial charge in [0.25, 0.3) is 5.91 Å². The first-order valence-electron chi connectivity index (χ1n) is 8.08. The van der Waals surface area contributed by atoms with Crippen LogP contribution in [0.2, 0.25) is 0 Å². The van der Waals surface area contributed by atoms with E-state index in [9.17, 15) is 4.79 Å². The van der Waals surface area contributed by atoms with Crippen LogP contribution in [0.25, 0.3) is 0 Å². The molecule has 1 heterocycles. The van der Waals surface area contributed by atoms with E-state index in [0.29, 0.717) is 17.3 Å². The van der Waals surface area contributed by atoms with Crippen molar-refractivity contribution in [2.24, 2.45) is 0 Å². The maximum absolute atomic E-state index is 12.8. The Hall–Kier alpha value is -3.25. The number of amides is 1. The van der Waals surface area contributed by atoms with E-state index in [2.05, 4.69) is 15.3 Å². The molecule has 0 saturated heterocycles. The standard InChI is InChI=1S/C20H19N3O3/c1-20(25-2,15-7-4-3-5-8-15)19(24)23-16-9-6-10-17(13-16)26-18-14-21-11-12-22-18/h3-14H,1-2H3,(H,23,24)/t20-/m0/s1. The number of hydrogen-bond acceptors (Lipinski definition) is 5. The Morgan fingerprint density at radius 3 is 2.58 bits per heavy atom. The Labute approximate surface area is 151 Å². The fourth-order valence-electron chi connectivity index (χ4n) is 2.44. The number of ether oxygens (including phenoxy) is 2. The Morgan fingerprint density at radius 2 is 1.88 bits per heavy atom. The van der Waals surface area contributed by atoms with Crippen LogP contribution in [0.3, 0.4) is 0 Å². The molecule has 0 radical (unpaired) electrons. The van der Waals surface area contributed by atoms with Gasteiger partial charge in [0.1, 0.15) is 5.75 Å². The molecule has 0 saturated carbocycles. The second-order valence-corrected chi connectivity index (χ2v) is 5.73. The number of methoxy groups -OCH3 is 1. The predicted molar refractivity (Wildman–Crippen MR) is 98.0 cm³/mol. The van der Waals surface area contributed by atoms with E-state index in [-0.39, 0.29) is 5.91 Å². The number of carbonyl (C=O) groups excluding carboxylic acids is 1. The lowest BCUT2D eigenvalue weighted by Gasteiger charge is -2.27. The number of benzene rings is 2. The summed E-state index contributed by atoms with van der Waals surface area (Å²) in [7, 11) is 1.51. The Bertz CT molecular complexity index is 872. The summed E-state index contributed by atoms with van der Waals surface area (Å²) in [5, 5.41) is 2.88. The summed E-state index contributed by atoms with van der Waals surface area (Å²) in [6.45, 7) is 1.73. The largest absolute Gasteiger partial charge is 0.437 e. The predicted octanol–water partition coefficient (Wildman–Crippen LogP) is 3.77. The van der Waals surface area contributed by atoms with Crippen molar-refractivity contribution in [1.29, 1.82) is 0 Å². The van der Waals surface area contributed by atoms with Crippen LogP contribution in [-0.4, -0.2) is 23.0 Å². The first-order valence-corrected chi connectivity index (χ1v) is 8.08. The van der Waals surface area contributed by atoms with Crippen molar-refractivity contribution in [3.05, 3.63) is 78.8 Å². The van der Waals surface area contributed by atoms with Crippen molar-refractivity contribution in [2.45, 2.75) is 12.5 Å². The minimum Gasteiger partial charge on any atom is -0.437 e. The second-order valence-electron chi connectivity index (χ2n) is 5.73. The van der Waals surface area contributed by atoms with Crippen LogP contribution in [0.15, 0.2) is 73.2 Å². The van der Waals surface area contributed by atoms with E-state index in [1.54, 1.807) is 43.6 Å². The molecule has 6 heteroatoms. The Balaban J connectivity index is 1.78. The second kappa shape index (κ2) is 7.76. The van der Waals surface area contributed by atoms with E-state index in [0.717, 1.165) is 5.56 Å². The number of aromatic nitrogens is 2. The summed E-state index contributed by atoms with van der Waals surface area (Å²) >= 11 is 0. The average Bonchev–Trinajstić information content (AvgIpc) is 2.69. The number of rotatable bonds is 6. The van der Waals surface area contributed by atoms with Gasteiger partial charge in [-0.25, -0.2) is 4.98 Å². The number of nitrogens with one attached hydrogen (secondary N) is 1. The molecule has 6 nitrogen and oxygen atoms in total. The van der Waals surface area contributed by atoms with Crippen molar-refractivity contribution < 1.29 is 14.3 Å². The fraction of sp³-hybridized carbons (Fsp3) is 0.150. The molecule has 1 atom stereocenters. The number of carbonyl (C=O) groups is 1. The van der Waals surface area contributed by atoms with Gasteiger partial charge in [-0.15, -0.1) is 0 Å². The Kier molecular flexibility index (Phi) is 5.24. The summed E-state index contributed by atoms with van der Waals surface area (Å²) in [5.41, 5.74) is 0.255.